The molecule has 548 valence electrons. The Morgan fingerprint density at radius 2 is 0.875 bits per heavy atom. The third-order valence-electron chi connectivity index (χ3n) is 17.4. The molecular weight excluding hydrogens is 1350 g/mol. The lowest BCUT2D eigenvalue weighted by Crippen LogP contribution is -2.54. The zero-order chi connectivity index (χ0) is 74.5. The zero-order valence-corrected chi connectivity index (χ0v) is 58.3. The van der Waals surface area contributed by atoms with Crippen LogP contribution in [0.5, 0.6) is 0 Å². The van der Waals surface area contributed by atoms with Crippen LogP contribution in [0.15, 0.2) is 92.0 Å². The SMILES string of the molecule is Cn1cc(NC(=O)c2nc(NC(=O)CCNC(=O)c3cc(NC(=O)c4nccn4C)cn3C)cn2C)cc1C(=O)NCCCC(=O)Nc1cn(C)c(C(=O)NCCC(=O)Nc2cc(C(=O)Nc3cn(C)c(C(=O)NCCC(=O)N4CCN(C5CCN(c6ccc([N+](=O)[O-])cc6)CC5)CC4)n3)n(C)c2)n1. The van der Waals surface area contributed by atoms with Gasteiger partial charge in [-0.2, -0.15) is 0 Å². The first kappa shape index (κ1) is 73.9. The van der Waals surface area contributed by atoms with Crippen LogP contribution in [0.2, 0.25) is 0 Å². The van der Waals surface area contributed by atoms with Crippen molar-refractivity contribution in [2.45, 2.75) is 51.0 Å². The zero-order valence-electron chi connectivity index (χ0n) is 58.3. The molecule has 0 saturated carbocycles. The molecule has 10 rings (SSSR count). The van der Waals surface area contributed by atoms with Crippen molar-refractivity contribution in [1.29, 1.82) is 0 Å². The Labute approximate surface area is 594 Å². The molecule has 2 aliphatic heterocycles. The standard InChI is InChI=1S/C66H81N25O13/c1-81-26-23-67-56(81)65(101)73-41-32-47(83(3)35-41)61(97)69-20-15-54(94)76-50-38-87(7)59(78-50)66(102)74-42-33-46(82(2)36-42)60(96)68-19-8-9-52(92)75-49-37-85(5)57(77-49)63(99)70-21-14-53(93)72-40-31-48(84(4)34-40)62(98)80-51-39-86(6)58(79-51)64(100)71-22-16-55(95)90-29-27-89(28-30-90)44-17-24-88(25-18-44)43-10-12-45(13-11-43)91(103)104/h10-13,23,26,31-39,44H,8-9,14-22,24-25,27-30H2,1-7H3,(H,68,96)(H,69,97)(H,70,99)(H,71,100)(H,72,93)(H,73,101)(H,74,102)(H,75,92)(H,76,94)(H,80,98). The van der Waals surface area contributed by atoms with Crippen molar-refractivity contribution in [2.75, 3.05) is 102 Å². The van der Waals surface area contributed by atoms with Crippen molar-refractivity contribution >= 4 is 111 Å². The number of aromatic nitrogens is 11. The number of carbonyl (C=O) groups excluding carboxylic acids is 11. The molecule has 0 aliphatic carbocycles. The Bertz CT molecular complexity index is 4570. The number of non-ortho nitro benzene ring substituents is 1. The van der Waals surface area contributed by atoms with Crippen LogP contribution in [0.3, 0.4) is 0 Å². The fourth-order valence-corrected chi connectivity index (χ4v) is 12.0. The van der Waals surface area contributed by atoms with E-state index in [-0.39, 0.29) is 133 Å². The largest absolute Gasteiger partial charge is 0.371 e. The van der Waals surface area contributed by atoms with Crippen molar-refractivity contribution in [1.82, 2.24) is 83.0 Å². The fraction of sp³-hybridized carbons (Fsp3) is 0.379. The van der Waals surface area contributed by atoms with Crippen molar-refractivity contribution in [3.05, 3.63) is 143 Å². The molecule has 0 atom stereocenters. The van der Waals surface area contributed by atoms with Crippen LogP contribution in [0.1, 0.15) is 119 Å². The summed E-state index contributed by atoms with van der Waals surface area (Å²) >= 11 is 0. The van der Waals surface area contributed by atoms with Gasteiger partial charge >= 0.3 is 0 Å². The van der Waals surface area contributed by atoms with Gasteiger partial charge in [-0.3, -0.25) is 67.8 Å². The Hall–Kier alpha value is -12.8. The van der Waals surface area contributed by atoms with Gasteiger partial charge < -0.3 is 94.9 Å². The minimum atomic E-state index is -0.637. The molecule has 104 heavy (non-hydrogen) atoms. The summed E-state index contributed by atoms with van der Waals surface area (Å²) < 4.78 is 10.3. The second kappa shape index (κ2) is 33.1. The molecule has 11 amide bonds. The van der Waals surface area contributed by atoms with Gasteiger partial charge in [-0.25, -0.2) is 19.9 Å². The molecule has 8 aromatic rings. The Balaban J connectivity index is 0.574. The molecule has 9 heterocycles. The lowest BCUT2D eigenvalue weighted by atomic mass is 10.0. The fourth-order valence-electron chi connectivity index (χ4n) is 12.0. The number of imidazole rings is 4. The second-order valence-corrected chi connectivity index (χ2v) is 25.0. The smallest absolute Gasteiger partial charge is 0.291 e. The Morgan fingerprint density at radius 1 is 0.442 bits per heavy atom. The molecule has 0 spiro atoms. The molecule has 1 aromatic carbocycles. The summed E-state index contributed by atoms with van der Waals surface area (Å²) in [5.74, 6) is -4.91. The monoisotopic (exact) mass is 1430 g/mol. The van der Waals surface area contributed by atoms with E-state index in [0.717, 1.165) is 44.7 Å². The maximum Gasteiger partial charge on any atom is 0.291 e. The molecule has 2 aliphatic rings. The lowest BCUT2D eigenvalue weighted by Gasteiger charge is -2.43. The summed E-state index contributed by atoms with van der Waals surface area (Å²) in [7, 11) is 11.2. The number of nitro benzene ring substituents is 1. The number of nitrogens with one attached hydrogen (secondary N) is 10. The first-order chi connectivity index (χ1) is 49.7. The maximum atomic E-state index is 13.4. The lowest BCUT2D eigenvalue weighted by molar-refractivity contribution is -0.384. The van der Waals surface area contributed by atoms with Gasteiger partial charge in [-0.1, -0.05) is 0 Å². The quantitative estimate of drug-likeness (QED) is 0.0182. The number of anilines is 7. The first-order valence-corrected chi connectivity index (χ1v) is 33.3. The van der Waals surface area contributed by atoms with Crippen molar-refractivity contribution in [3.8, 4) is 0 Å². The van der Waals surface area contributed by atoms with Crippen LogP contribution in [-0.4, -0.2) is 203 Å². The summed E-state index contributed by atoms with van der Waals surface area (Å²) in [5.41, 5.74) is 2.57. The molecule has 10 N–H and O–H groups in total. The summed E-state index contributed by atoms with van der Waals surface area (Å²) in [6.07, 6.45) is 14.0. The first-order valence-electron chi connectivity index (χ1n) is 33.3. The van der Waals surface area contributed by atoms with Gasteiger partial charge in [0.05, 0.1) is 22.0 Å². The maximum absolute atomic E-state index is 13.4. The topological polar surface area (TPSA) is 447 Å². The predicted octanol–water partition coefficient (Wildman–Crippen LogP) is 1.90. The van der Waals surface area contributed by atoms with Gasteiger partial charge in [0, 0.05) is 214 Å². The highest BCUT2D eigenvalue weighted by atomic mass is 16.6. The number of piperidine rings is 1. The van der Waals surface area contributed by atoms with Gasteiger partial charge in [0.25, 0.3) is 47.0 Å². The second-order valence-electron chi connectivity index (χ2n) is 25.0. The van der Waals surface area contributed by atoms with Crippen LogP contribution >= 0.6 is 0 Å². The van der Waals surface area contributed by atoms with Crippen molar-refractivity contribution < 1.29 is 57.7 Å². The number of aryl methyl sites for hydroxylation is 7. The summed E-state index contributed by atoms with van der Waals surface area (Å²) in [5, 5.41) is 37.9. The molecule has 2 saturated heterocycles. The van der Waals surface area contributed by atoms with E-state index in [1.54, 1.807) is 83.3 Å². The molecule has 38 nitrogen and oxygen atoms in total. The number of amides is 11. The number of carbonyl (C=O) groups is 11. The molecule has 0 radical (unpaired) electrons. The Morgan fingerprint density at radius 3 is 1.38 bits per heavy atom. The number of piperazine rings is 1. The van der Waals surface area contributed by atoms with E-state index in [1.807, 2.05) is 0 Å². The number of hydrogen-bond donors (Lipinski definition) is 10. The molecule has 2 fully saturated rings. The van der Waals surface area contributed by atoms with E-state index in [9.17, 15) is 62.9 Å². The number of rotatable bonds is 29. The molecular formula is C66H81N25O13. The minimum absolute atomic E-state index is 0.00702. The summed E-state index contributed by atoms with van der Waals surface area (Å²) in [6.45, 7) is 4.35. The van der Waals surface area contributed by atoms with E-state index in [1.165, 1.54) is 94.9 Å². The van der Waals surface area contributed by atoms with Gasteiger partial charge in [0.2, 0.25) is 41.1 Å². The highest BCUT2D eigenvalue weighted by Crippen LogP contribution is 2.27. The van der Waals surface area contributed by atoms with Gasteiger partial charge in [0.15, 0.2) is 23.3 Å². The van der Waals surface area contributed by atoms with E-state index < -0.39 is 64.0 Å². The third kappa shape index (κ3) is 18.8. The molecule has 0 bridgehead atoms. The number of benzene rings is 1. The molecule has 0 unspecified atom stereocenters. The van der Waals surface area contributed by atoms with Crippen LogP contribution in [-0.2, 0) is 68.5 Å². The summed E-state index contributed by atoms with van der Waals surface area (Å²) in [6, 6.07) is 11.4. The van der Waals surface area contributed by atoms with Crippen LogP contribution in [0.4, 0.5) is 45.9 Å². The average Bonchev–Trinajstić information content (AvgIpc) is 1.59. The third-order valence-corrected chi connectivity index (χ3v) is 17.4. The summed E-state index contributed by atoms with van der Waals surface area (Å²) in [4.78, 5) is 177. The highest BCUT2D eigenvalue weighted by Gasteiger charge is 2.30. The average molecular weight is 1430 g/mol. The van der Waals surface area contributed by atoms with Crippen LogP contribution in [0, 0.1) is 10.1 Å². The van der Waals surface area contributed by atoms with Gasteiger partial charge in [0.1, 0.15) is 17.1 Å². The van der Waals surface area contributed by atoms with E-state index in [2.05, 4.69) is 82.9 Å². The normalized spacial score (nSPS) is 13.2. The van der Waals surface area contributed by atoms with E-state index in [4.69, 9.17) is 0 Å². The predicted molar refractivity (Wildman–Crippen MR) is 378 cm³/mol. The van der Waals surface area contributed by atoms with Crippen molar-refractivity contribution in [3.63, 3.8) is 0 Å². The van der Waals surface area contributed by atoms with Crippen LogP contribution < -0.4 is 58.1 Å². The highest BCUT2D eigenvalue weighted by molar-refractivity contribution is 6.06. The number of nitro groups is 1. The molecule has 38 heteroatoms. The number of nitrogens with zero attached hydrogens (tertiary/aromatic N) is 15. The van der Waals surface area contributed by atoms with Crippen molar-refractivity contribution in [2.24, 2.45) is 49.3 Å². The number of hydrogen-bond acceptors (Lipinski definition) is 19. The van der Waals surface area contributed by atoms with E-state index in [0.29, 0.717) is 30.5 Å². The Kier molecular flexibility index (Phi) is 23.6. The van der Waals surface area contributed by atoms with Crippen LogP contribution in [0.25, 0.3) is 0 Å². The minimum Gasteiger partial charge on any atom is -0.371 e. The van der Waals surface area contributed by atoms with Gasteiger partial charge in [-0.05, 0) is 49.6 Å². The van der Waals surface area contributed by atoms with Gasteiger partial charge in [-0.15, -0.1) is 0 Å². The molecule has 7 aromatic heterocycles. The van der Waals surface area contributed by atoms with E-state index >= 15 is 0 Å².